The molecule has 0 amide bonds. The van der Waals surface area contributed by atoms with E-state index in [0.29, 0.717) is 12.1 Å². The van der Waals surface area contributed by atoms with E-state index in [-0.39, 0.29) is 10.7 Å². The minimum absolute atomic E-state index is 0.0382. The molecule has 1 aliphatic rings. The Morgan fingerprint density at radius 3 is 2.17 bits per heavy atom. The fourth-order valence-electron chi connectivity index (χ4n) is 2.29. The van der Waals surface area contributed by atoms with Crippen LogP contribution >= 0.6 is 0 Å². The number of nitrogens with two attached hydrogens (primary N) is 1. The molecule has 0 aliphatic heterocycles. The molecule has 1 aliphatic carbocycles. The van der Waals surface area contributed by atoms with Crippen LogP contribution in [0.2, 0.25) is 0 Å². The van der Waals surface area contributed by atoms with Gasteiger partial charge in [0.1, 0.15) is 0 Å². The van der Waals surface area contributed by atoms with Crippen molar-refractivity contribution in [2.75, 3.05) is 12.8 Å². The van der Waals surface area contributed by atoms with E-state index in [2.05, 4.69) is 0 Å². The minimum Gasteiger partial charge on any atom is -0.329 e. The number of Topliss-reactive ketones (excluding diaryl/α,β-unsaturated/α-hetero) is 1. The van der Waals surface area contributed by atoms with Gasteiger partial charge in [-0.05, 0) is 25.0 Å². The zero-order valence-electron chi connectivity index (χ0n) is 10.3. The van der Waals surface area contributed by atoms with Crippen LogP contribution in [0.25, 0.3) is 0 Å². The highest BCUT2D eigenvalue weighted by atomic mass is 32.2. The molecule has 5 heteroatoms. The maximum Gasteiger partial charge on any atom is 0.175 e. The van der Waals surface area contributed by atoms with Crippen molar-refractivity contribution in [1.29, 1.82) is 0 Å². The third kappa shape index (κ3) is 2.20. The predicted octanol–water partition coefficient (Wildman–Crippen LogP) is 1.40. The highest BCUT2D eigenvalue weighted by molar-refractivity contribution is 7.90. The summed E-state index contributed by atoms with van der Waals surface area (Å²) in [4.78, 5) is 12.5. The number of hydrogen-bond acceptors (Lipinski definition) is 4. The van der Waals surface area contributed by atoms with Crippen molar-refractivity contribution in [3.8, 4) is 0 Å². The van der Waals surface area contributed by atoms with Crippen molar-refractivity contribution >= 4 is 15.6 Å². The SMILES string of the molecule is CS(=O)(=O)c1ccc(C(=O)C2(CN)CCC2)cc1. The molecule has 0 atom stereocenters. The van der Waals surface area contributed by atoms with Gasteiger partial charge in [0, 0.05) is 23.8 Å². The van der Waals surface area contributed by atoms with Crippen molar-refractivity contribution in [2.45, 2.75) is 24.2 Å². The van der Waals surface area contributed by atoms with Crippen LogP contribution < -0.4 is 5.73 Å². The molecule has 18 heavy (non-hydrogen) atoms. The minimum atomic E-state index is -3.21. The molecular formula is C13H17NO3S. The van der Waals surface area contributed by atoms with Gasteiger partial charge in [-0.25, -0.2) is 8.42 Å². The van der Waals surface area contributed by atoms with Gasteiger partial charge in [-0.1, -0.05) is 18.6 Å². The molecule has 1 aromatic rings. The van der Waals surface area contributed by atoms with Crippen molar-refractivity contribution in [3.05, 3.63) is 29.8 Å². The quantitative estimate of drug-likeness (QED) is 0.837. The third-order valence-electron chi connectivity index (χ3n) is 3.73. The Morgan fingerprint density at radius 2 is 1.83 bits per heavy atom. The van der Waals surface area contributed by atoms with Gasteiger partial charge in [0.25, 0.3) is 0 Å². The molecule has 2 N–H and O–H groups in total. The fraction of sp³-hybridized carbons (Fsp3) is 0.462. The summed E-state index contributed by atoms with van der Waals surface area (Å²) in [5, 5.41) is 0. The lowest BCUT2D eigenvalue weighted by atomic mass is 9.64. The van der Waals surface area contributed by atoms with Crippen molar-refractivity contribution in [1.82, 2.24) is 0 Å². The summed E-state index contributed by atoms with van der Waals surface area (Å²) in [6, 6.07) is 6.11. The molecular weight excluding hydrogens is 250 g/mol. The molecule has 0 spiro atoms. The average molecular weight is 267 g/mol. The largest absolute Gasteiger partial charge is 0.329 e. The Hall–Kier alpha value is -1.20. The highest BCUT2D eigenvalue weighted by Crippen LogP contribution is 2.42. The molecule has 1 fully saturated rings. The van der Waals surface area contributed by atoms with E-state index in [4.69, 9.17) is 5.73 Å². The topological polar surface area (TPSA) is 77.2 Å². The highest BCUT2D eigenvalue weighted by Gasteiger charge is 2.42. The molecule has 0 bridgehead atoms. The first-order valence-corrected chi connectivity index (χ1v) is 7.83. The molecule has 0 radical (unpaired) electrons. The number of ketones is 1. The Labute approximate surface area is 107 Å². The molecule has 1 saturated carbocycles. The van der Waals surface area contributed by atoms with Crippen LogP contribution in [-0.2, 0) is 9.84 Å². The summed E-state index contributed by atoms with van der Waals surface area (Å²) < 4.78 is 22.7. The monoisotopic (exact) mass is 267 g/mol. The standard InChI is InChI=1S/C13H17NO3S/c1-18(16,17)11-5-3-10(4-6-11)12(15)13(9-14)7-2-8-13/h3-6H,2,7-9,14H2,1H3. The van der Waals surface area contributed by atoms with E-state index in [1.54, 1.807) is 12.1 Å². The number of sulfone groups is 1. The molecule has 0 saturated heterocycles. The summed E-state index contributed by atoms with van der Waals surface area (Å²) in [5.74, 6) is 0.0382. The van der Waals surface area contributed by atoms with Gasteiger partial charge in [-0.15, -0.1) is 0 Å². The summed E-state index contributed by atoms with van der Waals surface area (Å²) in [6.07, 6.45) is 3.84. The first-order chi connectivity index (χ1) is 8.39. The summed E-state index contributed by atoms with van der Waals surface area (Å²) in [5.41, 5.74) is 5.83. The number of hydrogen-bond donors (Lipinski definition) is 1. The summed E-state index contributed by atoms with van der Waals surface area (Å²) in [6.45, 7) is 0.361. The zero-order valence-corrected chi connectivity index (χ0v) is 11.2. The van der Waals surface area contributed by atoms with Crippen LogP contribution in [0.15, 0.2) is 29.2 Å². The molecule has 4 nitrogen and oxygen atoms in total. The first kappa shape index (κ1) is 13.2. The average Bonchev–Trinajstić information content (AvgIpc) is 2.27. The van der Waals surface area contributed by atoms with Crippen molar-refractivity contribution < 1.29 is 13.2 Å². The van der Waals surface area contributed by atoms with Crippen LogP contribution in [-0.4, -0.2) is 27.0 Å². The molecule has 2 rings (SSSR count). The van der Waals surface area contributed by atoms with Crippen LogP contribution in [0.4, 0.5) is 0 Å². The maximum atomic E-state index is 12.3. The van der Waals surface area contributed by atoms with Gasteiger partial charge in [0.2, 0.25) is 0 Å². The Morgan fingerprint density at radius 1 is 1.28 bits per heavy atom. The number of benzene rings is 1. The smallest absolute Gasteiger partial charge is 0.175 e. The lowest BCUT2D eigenvalue weighted by Crippen LogP contribution is -2.44. The second kappa shape index (κ2) is 4.48. The molecule has 0 heterocycles. The third-order valence-corrected chi connectivity index (χ3v) is 4.86. The lowest BCUT2D eigenvalue weighted by molar-refractivity contribution is 0.0636. The van der Waals surface area contributed by atoms with Gasteiger partial charge in [0.15, 0.2) is 15.6 Å². The first-order valence-electron chi connectivity index (χ1n) is 5.94. The zero-order chi connectivity index (χ0) is 13.4. The number of carbonyl (C=O) groups excluding carboxylic acids is 1. The number of rotatable bonds is 4. The Kier molecular flexibility index (Phi) is 3.29. The van der Waals surface area contributed by atoms with Gasteiger partial charge in [-0.3, -0.25) is 4.79 Å². The van der Waals surface area contributed by atoms with Gasteiger partial charge in [-0.2, -0.15) is 0 Å². The Balaban J connectivity index is 2.28. The number of carbonyl (C=O) groups is 1. The molecule has 0 unspecified atom stereocenters. The van der Waals surface area contributed by atoms with Crippen LogP contribution in [0, 0.1) is 5.41 Å². The van der Waals surface area contributed by atoms with E-state index < -0.39 is 15.3 Å². The van der Waals surface area contributed by atoms with E-state index >= 15 is 0 Å². The van der Waals surface area contributed by atoms with E-state index in [0.717, 1.165) is 25.5 Å². The molecule has 1 aromatic carbocycles. The van der Waals surface area contributed by atoms with E-state index in [1.807, 2.05) is 0 Å². The van der Waals surface area contributed by atoms with Gasteiger partial charge in [0.05, 0.1) is 4.90 Å². The van der Waals surface area contributed by atoms with Crippen molar-refractivity contribution in [3.63, 3.8) is 0 Å². The van der Waals surface area contributed by atoms with Crippen LogP contribution in [0.3, 0.4) is 0 Å². The predicted molar refractivity (Wildman–Crippen MR) is 69.2 cm³/mol. The van der Waals surface area contributed by atoms with Gasteiger partial charge < -0.3 is 5.73 Å². The lowest BCUT2D eigenvalue weighted by Gasteiger charge is -2.39. The van der Waals surface area contributed by atoms with Gasteiger partial charge >= 0.3 is 0 Å². The Bertz CT molecular complexity index is 551. The summed E-state index contributed by atoms with van der Waals surface area (Å²) in [7, 11) is -3.21. The van der Waals surface area contributed by atoms with E-state index in [1.165, 1.54) is 12.1 Å². The van der Waals surface area contributed by atoms with Crippen LogP contribution in [0.5, 0.6) is 0 Å². The maximum absolute atomic E-state index is 12.3. The normalized spacial score (nSPS) is 18.1. The van der Waals surface area contributed by atoms with Crippen molar-refractivity contribution in [2.24, 2.45) is 11.1 Å². The summed E-state index contributed by atoms with van der Waals surface area (Å²) >= 11 is 0. The fourth-order valence-corrected chi connectivity index (χ4v) is 2.92. The molecule has 98 valence electrons. The van der Waals surface area contributed by atoms with E-state index in [9.17, 15) is 13.2 Å². The van der Waals surface area contributed by atoms with Crippen LogP contribution in [0.1, 0.15) is 29.6 Å². The second-order valence-corrected chi connectivity index (χ2v) is 6.98. The second-order valence-electron chi connectivity index (χ2n) is 4.96. The molecule has 0 aromatic heterocycles.